The van der Waals surface area contributed by atoms with Crippen molar-refractivity contribution in [3.63, 3.8) is 0 Å². The minimum atomic E-state index is -0.270. The number of aromatic nitrogens is 6. The van der Waals surface area contributed by atoms with Crippen LogP contribution in [0.25, 0.3) is 110 Å². The molecule has 0 saturated heterocycles. The largest absolute Gasteiger partial charge is 0.309 e. The fourth-order valence-corrected chi connectivity index (χ4v) is 12.8. The molecule has 0 N–H and O–H groups in total. The molecule has 6 aromatic heterocycles. The Hall–Kier alpha value is -9.72. The first-order chi connectivity index (χ1) is 36.5. The van der Waals surface area contributed by atoms with Gasteiger partial charge in [-0.25, -0.2) is 4.98 Å². The lowest BCUT2D eigenvalue weighted by Gasteiger charge is -2.41. The summed E-state index contributed by atoms with van der Waals surface area (Å²) >= 11 is 0. The van der Waals surface area contributed by atoms with E-state index in [0.29, 0.717) is 0 Å². The van der Waals surface area contributed by atoms with Crippen LogP contribution in [0.5, 0.6) is 0 Å². The zero-order valence-electron chi connectivity index (χ0n) is 40.6. The van der Waals surface area contributed by atoms with E-state index in [9.17, 15) is 0 Å². The predicted octanol–water partition coefficient (Wildman–Crippen LogP) is 17.0. The van der Waals surface area contributed by atoms with E-state index >= 15 is 0 Å². The number of rotatable bonds is 5. The van der Waals surface area contributed by atoms with Gasteiger partial charge < -0.3 is 13.7 Å². The zero-order valence-corrected chi connectivity index (χ0v) is 40.6. The summed E-state index contributed by atoms with van der Waals surface area (Å²) in [6.45, 7) is 4.63. The lowest BCUT2D eigenvalue weighted by Crippen LogP contribution is -2.31. The molecule has 0 bridgehead atoms. The molecule has 16 rings (SSSR count). The Labute approximate surface area is 425 Å². The summed E-state index contributed by atoms with van der Waals surface area (Å²) in [7, 11) is 0. The first-order valence-electron chi connectivity index (χ1n) is 25.4. The molecule has 0 amide bonds. The molecule has 7 heterocycles. The van der Waals surface area contributed by atoms with Gasteiger partial charge in [0.1, 0.15) is 11.6 Å². The van der Waals surface area contributed by atoms with Crippen LogP contribution in [-0.2, 0) is 5.41 Å². The summed E-state index contributed by atoms with van der Waals surface area (Å²) in [5.41, 5.74) is 16.6. The second-order valence-corrected chi connectivity index (χ2v) is 20.3. The number of hydrogen-bond donors (Lipinski definition) is 0. The number of para-hydroxylation sites is 7. The Morgan fingerprint density at radius 3 is 1.20 bits per heavy atom. The van der Waals surface area contributed by atoms with Crippen LogP contribution in [0.3, 0.4) is 0 Å². The Morgan fingerprint density at radius 2 is 0.689 bits per heavy atom. The molecule has 0 radical (unpaired) electrons. The third-order valence-electron chi connectivity index (χ3n) is 16.0. The molecule has 0 unspecified atom stereocenters. The molecule has 348 valence electrons. The zero-order chi connectivity index (χ0) is 48.8. The third kappa shape index (κ3) is 5.60. The van der Waals surface area contributed by atoms with Gasteiger partial charge >= 0.3 is 0 Å². The number of anilines is 3. The Balaban J connectivity index is 0.976. The van der Waals surface area contributed by atoms with Gasteiger partial charge in [-0.2, -0.15) is 0 Å². The maximum atomic E-state index is 5.81. The minimum Gasteiger partial charge on any atom is -0.309 e. The van der Waals surface area contributed by atoms with E-state index in [2.05, 4.69) is 261 Å². The molecule has 74 heavy (non-hydrogen) atoms. The second kappa shape index (κ2) is 15.2. The van der Waals surface area contributed by atoms with Gasteiger partial charge in [0, 0.05) is 78.2 Å². The molecule has 0 saturated carbocycles. The normalized spacial score (nSPS) is 13.4. The molecular formula is C67H45N7. The Kier molecular flexibility index (Phi) is 8.38. The van der Waals surface area contributed by atoms with Crippen LogP contribution in [0.15, 0.2) is 237 Å². The van der Waals surface area contributed by atoms with E-state index in [1.54, 1.807) is 0 Å². The van der Waals surface area contributed by atoms with Gasteiger partial charge in [0.05, 0.1) is 67.4 Å². The van der Waals surface area contributed by atoms with Crippen LogP contribution >= 0.6 is 0 Å². The van der Waals surface area contributed by atoms with Crippen molar-refractivity contribution in [2.75, 3.05) is 4.90 Å². The van der Waals surface area contributed by atoms with Crippen LogP contribution in [0.4, 0.5) is 17.2 Å². The first kappa shape index (κ1) is 41.0. The number of benzene rings is 9. The molecular weight excluding hydrogens is 903 g/mol. The summed E-state index contributed by atoms with van der Waals surface area (Å²) in [5, 5.41) is 9.65. The number of fused-ring (bicyclic) bond motifs is 14. The van der Waals surface area contributed by atoms with E-state index in [1.165, 1.54) is 65.5 Å². The van der Waals surface area contributed by atoms with Gasteiger partial charge in [0.25, 0.3) is 0 Å². The molecule has 0 aliphatic carbocycles. The maximum Gasteiger partial charge on any atom is 0.142 e. The molecule has 9 aromatic carbocycles. The van der Waals surface area contributed by atoms with Crippen LogP contribution < -0.4 is 4.90 Å². The van der Waals surface area contributed by atoms with Crippen molar-refractivity contribution in [2.24, 2.45) is 0 Å². The van der Waals surface area contributed by atoms with Crippen molar-refractivity contribution >= 4 is 104 Å². The van der Waals surface area contributed by atoms with Gasteiger partial charge in [-0.05, 0) is 96.1 Å². The number of nitrogens with zero attached hydrogens (tertiary/aromatic N) is 7. The van der Waals surface area contributed by atoms with Crippen molar-refractivity contribution in [3.8, 4) is 22.9 Å². The summed E-state index contributed by atoms with van der Waals surface area (Å²) in [4.78, 5) is 12.9. The van der Waals surface area contributed by atoms with Crippen LogP contribution in [0.1, 0.15) is 25.0 Å². The highest BCUT2D eigenvalue weighted by Gasteiger charge is 2.38. The molecule has 7 nitrogen and oxygen atoms in total. The standard InChI is InChI=1S/C67H45N7/c1-67(2)53-23-9-16-30-63(53)74(64-41-68-36-35-54(64)67)66-40-44(72-59-28-14-7-21-49(59)51-37-42(31-33-61(51)72)70-55-24-10-3-17-45(55)46-18-4-11-25-56(46)70)39-65(69-66)73-60-29-15-8-22-50(60)52-38-43(32-34-62(52)73)71-57-26-12-5-19-47(57)48-20-6-13-27-58(48)71/h3-41H,1-2H3. The van der Waals surface area contributed by atoms with Crippen molar-refractivity contribution in [3.05, 3.63) is 248 Å². The third-order valence-corrected chi connectivity index (χ3v) is 16.0. The monoisotopic (exact) mass is 947 g/mol. The summed E-state index contributed by atoms with van der Waals surface area (Å²) in [6, 6.07) is 81.9. The topological polar surface area (TPSA) is 48.7 Å². The van der Waals surface area contributed by atoms with E-state index in [0.717, 1.165) is 72.9 Å². The highest BCUT2D eigenvalue weighted by atomic mass is 15.2. The first-order valence-corrected chi connectivity index (χ1v) is 25.4. The van der Waals surface area contributed by atoms with Crippen molar-refractivity contribution in [1.29, 1.82) is 0 Å². The molecule has 1 aliphatic heterocycles. The van der Waals surface area contributed by atoms with Gasteiger partial charge in [-0.1, -0.05) is 141 Å². The lowest BCUT2D eigenvalue weighted by molar-refractivity contribution is 0.630. The number of pyridine rings is 2. The molecule has 0 spiro atoms. The summed E-state index contributed by atoms with van der Waals surface area (Å²) in [6.07, 6.45) is 3.92. The molecule has 1 aliphatic rings. The molecule has 7 heteroatoms. The van der Waals surface area contributed by atoms with Crippen molar-refractivity contribution in [1.82, 2.24) is 28.2 Å². The quantitative estimate of drug-likeness (QED) is 0.173. The average molecular weight is 948 g/mol. The fourth-order valence-electron chi connectivity index (χ4n) is 12.8. The van der Waals surface area contributed by atoms with E-state index < -0.39 is 0 Å². The Bertz CT molecular complexity index is 4440. The van der Waals surface area contributed by atoms with Crippen LogP contribution in [-0.4, -0.2) is 28.2 Å². The van der Waals surface area contributed by atoms with Crippen molar-refractivity contribution in [2.45, 2.75) is 19.3 Å². The van der Waals surface area contributed by atoms with Gasteiger partial charge in [-0.3, -0.25) is 14.5 Å². The minimum absolute atomic E-state index is 0.270. The van der Waals surface area contributed by atoms with E-state index in [-0.39, 0.29) is 5.41 Å². The Morgan fingerprint density at radius 1 is 0.311 bits per heavy atom. The predicted molar refractivity (Wildman–Crippen MR) is 306 cm³/mol. The number of hydrogen-bond acceptors (Lipinski definition) is 3. The van der Waals surface area contributed by atoms with Crippen molar-refractivity contribution < 1.29 is 0 Å². The molecule has 0 atom stereocenters. The maximum absolute atomic E-state index is 5.81. The van der Waals surface area contributed by atoms with Gasteiger partial charge in [0.15, 0.2) is 0 Å². The second-order valence-electron chi connectivity index (χ2n) is 20.3. The lowest BCUT2D eigenvalue weighted by atomic mass is 9.74. The van der Waals surface area contributed by atoms with E-state index in [4.69, 9.17) is 9.97 Å². The van der Waals surface area contributed by atoms with E-state index in [1.807, 2.05) is 12.4 Å². The highest BCUT2D eigenvalue weighted by molar-refractivity contribution is 6.14. The summed E-state index contributed by atoms with van der Waals surface area (Å²) < 4.78 is 9.62. The van der Waals surface area contributed by atoms with Crippen LogP contribution in [0, 0.1) is 0 Å². The van der Waals surface area contributed by atoms with Gasteiger partial charge in [-0.15, -0.1) is 0 Å². The summed E-state index contributed by atoms with van der Waals surface area (Å²) in [5.74, 6) is 1.62. The SMILES string of the molecule is CC1(C)c2ccccc2N(c2cc(-n3c4ccccc4c4cc(-n5c6ccccc6c6ccccc65)ccc43)cc(-n3c4ccccc4c4cc(-n5c6ccccc6c6ccccc65)ccc43)n2)c2cnccc21. The fraction of sp³-hybridized carbons (Fsp3) is 0.0448. The smallest absolute Gasteiger partial charge is 0.142 e. The molecule has 0 fully saturated rings. The van der Waals surface area contributed by atoms with Crippen LogP contribution in [0.2, 0.25) is 0 Å². The molecule has 15 aromatic rings. The highest BCUT2D eigenvalue weighted by Crippen LogP contribution is 2.52. The van der Waals surface area contributed by atoms with Gasteiger partial charge in [0.2, 0.25) is 0 Å². The average Bonchev–Trinajstić information content (AvgIpc) is 4.20.